The molecule has 146 valence electrons. The Morgan fingerprint density at radius 2 is 1.67 bits per heavy atom. The number of para-hydroxylation sites is 1. The summed E-state index contributed by atoms with van der Waals surface area (Å²) < 4.78 is 0. The standard InChI is InChI=1S/C25H21N5/c1-2-7-18(8-3-1)23-15-24(30-25(29-23)20-9-6-13-26-16-20)27-14-12-19-17-28-22-11-5-4-10-21(19)22/h1-11,13,15-17,28H,12,14H2,(H,27,29,30). The molecule has 5 aromatic rings. The van der Waals surface area contributed by atoms with Crippen LogP contribution in [0.2, 0.25) is 0 Å². The highest BCUT2D eigenvalue weighted by atomic mass is 15.0. The maximum Gasteiger partial charge on any atom is 0.163 e. The molecule has 5 nitrogen and oxygen atoms in total. The Morgan fingerprint density at radius 3 is 2.53 bits per heavy atom. The van der Waals surface area contributed by atoms with Crippen LogP contribution in [0, 0.1) is 0 Å². The second-order valence-corrected chi connectivity index (χ2v) is 7.11. The molecule has 3 heterocycles. The maximum atomic E-state index is 4.78. The summed E-state index contributed by atoms with van der Waals surface area (Å²) in [6, 6.07) is 24.4. The van der Waals surface area contributed by atoms with E-state index in [0.717, 1.165) is 35.6 Å². The number of nitrogens with zero attached hydrogens (tertiary/aromatic N) is 3. The summed E-state index contributed by atoms with van der Waals surface area (Å²) in [7, 11) is 0. The number of aromatic nitrogens is 4. The average molecular weight is 391 g/mol. The maximum absolute atomic E-state index is 4.78. The van der Waals surface area contributed by atoms with Crippen LogP contribution < -0.4 is 5.32 Å². The van der Waals surface area contributed by atoms with Crippen molar-refractivity contribution < 1.29 is 0 Å². The molecule has 3 aromatic heterocycles. The number of anilines is 1. The van der Waals surface area contributed by atoms with E-state index in [1.807, 2.05) is 42.5 Å². The Bertz CT molecular complexity index is 1200. The van der Waals surface area contributed by atoms with Gasteiger partial charge in [-0.15, -0.1) is 0 Å². The van der Waals surface area contributed by atoms with Crippen LogP contribution in [0.5, 0.6) is 0 Å². The Hall–Kier alpha value is -3.99. The van der Waals surface area contributed by atoms with Crippen LogP contribution in [-0.4, -0.2) is 26.5 Å². The smallest absolute Gasteiger partial charge is 0.163 e. The first-order valence-electron chi connectivity index (χ1n) is 10.0. The van der Waals surface area contributed by atoms with Gasteiger partial charge in [0.25, 0.3) is 0 Å². The fourth-order valence-corrected chi connectivity index (χ4v) is 3.58. The van der Waals surface area contributed by atoms with E-state index < -0.39 is 0 Å². The van der Waals surface area contributed by atoms with Gasteiger partial charge in [-0.3, -0.25) is 4.98 Å². The summed E-state index contributed by atoms with van der Waals surface area (Å²) >= 11 is 0. The third-order valence-electron chi connectivity index (χ3n) is 5.09. The monoisotopic (exact) mass is 391 g/mol. The van der Waals surface area contributed by atoms with Crippen LogP contribution in [0.1, 0.15) is 5.56 Å². The fourth-order valence-electron chi connectivity index (χ4n) is 3.58. The summed E-state index contributed by atoms with van der Waals surface area (Å²) in [6.07, 6.45) is 6.53. The van der Waals surface area contributed by atoms with Gasteiger partial charge >= 0.3 is 0 Å². The number of aromatic amines is 1. The molecule has 0 aliphatic carbocycles. The number of pyridine rings is 1. The lowest BCUT2D eigenvalue weighted by Gasteiger charge is -2.10. The minimum absolute atomic E-state index is 0.666. The topological polar surface area (TPSA) is 66.5 Å². The average Bonchev–Trinajstić information content (AvgIpc) is 3.23. The molecular weight excluding hydrogens is 370 g/mol. The summed E-state index contributed by atoms with van der Waals surface area (Å²) in [6.45, 7) is 0.777. The van der Waals surface area contributed by atoms with Crippen molar-refractivity contribution in [3.63, 3.8) is 0 Å². The quantitative estimate of drug-likeness (QED) is 0.410. The molecule has 0 saturated heterocycles. The summed E-state index contributed by atoms with van der Waals surface area (Å²) in [5, 5.41) is 4.75. The van der Waals surface area contributed by atoms with Gasteiger partial charge < -0.3 is 10.3 Å². The van der Waals surface area contributed by atoms with Gasteiger partial charge in [0.2, 0.25) is 0 Å². The van der Waals surface area contributed by atoms with Crippen LogP contribution in [0.4, 0.5) is 5.82 Å². The van der Waals surface area contributed by atoms with E-state index in [1.165, 1.54) is 16.5 Å². The first kappa shape index (κ1) is 18.1. The molecule has 0 bridgehead atoms. The van der Waals surface area contributed by atoms with E-state index in [2.05, 4.69) is 51.8 Å². The van der Waals surface area contributed by atoms with E-state index in [0.29, 0.717) is 5.82 Å². The van der Waals surface area contributed by atoms with Gasteiger partial charge in [-0.25, -0.2) is 9.97 Å². The highest BCUT2D eigenvalue weighted by Gasteiger charge is 2.09. The van der Waals surface area contributed by atoms with Gasteiger partial charge in [0.1, 0.15) is 5.82 Å². The van der Waals surface area contributed by atoms with Crippen molar-refractivity contribution in [2.45, 2.75) is 6.42 Å². The number of nitrogens with one attached hydrogen (secondary N) is 2. The lowest BCUT2D eigenvalue weighted by Crippen LogP contribution is -2.07. The van der Waals surface area contributed by atoms with E-state index in [9.17, 15) is 0 Å². The summed E-state index contributed by atoms with van der Waals surface area (Å²) in [4.78, 5) is 17.1. The number of rotatable bonds is 6. The van der Waals surface area contributed by atoms with E-state index in [-0.39, 0.29) is 0 Å². The predicted octanol–water partition coefficient (Wildman–Crippen LogP) is 5.34. The lowest BCUT2D eigenvalue weighted by atomic mass is 10.1. The highest BCUT2D eigenvalue weighted by molar-refractivity contribution is 5.83. The minimum atomic E-state index is 0.666. The molecule has 0 atom stereocenters. The molecule has 0 amide bonds. The first-order chi connectivity index (χ1) is 14.9. The van der Waals surface area contributed by atoms with E-state index in [1.54, 1.807) is 12.4 Å². The van der Waals surface area contributed by atoms with Crippen molar-refractivity contribution >= 4 is 16.7 Å². The van der Waals surface area contributed by atoms with E-state index in [4.69, 9.17) is 9.97 Å². The lowest BCUT2D eigenvalue weighted by molar-refractivity contribution is 1.01. The molecule has 0 unspecified atom stereocenters. The normalized spacial score (nSPS) is 10.9. The zero-order chi connectivity index (χ0) is 20.2. The molecule has 0 fully saturated rings. The van der Waals surface area contributed by atoms with Gasteiger partial charge in [-0.2, -0.15) is 0 Å². The zero-order valence-corrected chi connectivity index (χ0v) is 16.4. The molecule has 0 aliphatic rings. The van der Waals surface area contributed by atoms with Crippen molar-refractivity contribution in [1.29, 1.82) is 0 Å². The molecule has 5 heteroatoms. The van der Waals surface area contributed by atoms with Gasteiger partial charge in [0.05, 0.1) is 5.69 Å². The third-order valence-corrected chi connectivity index (χ3v) is 5.09. The third kappa shape index (κ3) is 3.78. The SMILES string of the molecule is c1ccc(-c2cc(NCCc3c[nH]c4ccccc34)nc(-c3cccnc3)n2)cc1. The molecule has 2 aromatic carbocycles. The molecule has 0 saturated carbocycles. The molecular formula is C25H21N5. The zero-order valence-electron chi connectivity index (χ0n) is 16.4. The number of benzene rings is 2. The Balaban J connectivity index is 1.42. The second kappa shape index (κ2) is 8.17. The van der Waals surface area contributed by atoms with Gasteiger partial charge in [0.15, 0.2) is 5.82 Å². The van der Waals surface area contributed by atoms with Crippen molar-refractivity contribution in [2.24, 2.45) is 0 Å². The number of fused-ring (bicyclic) bond motifs is 1. The van der Waals surface area contributed by atoms with Crippen molar-refractivity contribution in [3.8, 4) is 22.6 Å². The van der Waals surface area contributed by atoms with Crippen LogP contribution in [0.3, 0.4) is 0 Å². The van der Waals surface area contributed by atoms with Gasteiger partial charge in [0, 0.05) is 53.2 Å². The molecule has 0 radical (unpaired) electrons. The highest BCUT2D eigenvalue weighted by Crippen LogP contribution is 2.24. The number of H-pyrrole nitrogens is 1. The Morgan fingerprint density at radius 1 is 0.833 bits per heavy atom. The summed E-state index contributed by atoms with van der Waals surface area (Å²) in [5.41, 5.74) is 5.31. The second-order valence-electron chi connectivity index (χ2n) is 7.11. The van der Waals surface area contributed by atoms with Crippen molar-refractivity contribution in [1.82, 2.24) is 19.9 Å². The molecule has 2 N–H and O–H groups in total. The fraction of sp³-hybridized carbons (Fsp3) is 0.0800. The number of hydrogen-bond donors (Lipinski definition) is 2. The van der Waals surface area contributed by atoms with Crippen LogP contribution >= 0.6 is 0 Å². The molecule has 5 rings (SSSR count). The van der Waals surface area contributed by atoms with Crippen molar-refractivity contribution in [2.75, 3.05) is 11.9 Å². The summed E-state index contributed by atoms with van der Waals surface area (Å²) in [5.74, 6) is 1.47. The van der Waals surface area contributed by atoms with Gasteiger partial charge in [-0.05, 0) is 30.2 Å². The van der Waals surface area contributed by atoms with Gasteiger partial charge in [-0.1, -0.05) is 48.5 Å². The van der Waals surface area contributed by atoms with Crippen LogP contribution in [0.15, 0.2) is 91.4 Å². The van der Waals surface area contributed by atoms with Crippen LogP contribution in [0.25, 0.3) is 33.5 Å². The molecule has 0 aliphatic heterocycles. The minimum Gasteiger partial charge on any atom is -0.370 e. The van der Waals surface area contributed by atoms with Crippen LogP contribution in [-0.2, 0) is 6.42 Å². The predicted molar refractivity (Wildman–Crippen MR) is 121 cm³/mol. The molecule has 30 heavy (non-hydrogen) atoms. The Labute approximate surface area is 174 Å². The first-order valence-corrected chi connectivity index (χ1v) is 10.0. The van der Waals surface area contributed by atoms with Crippen molar-refractivity contribution in [3.05, 3.63) is 97.0 Å². The molecule has 0 spiro atoms. The number of hydrogen-bond acceptors (Lipinski definition) is 4. The Kier molecular flexibility index (Phi) is 4.92. The largest absolute Gasteiger partial charge is 0.370 e. The van der Waals surface area contributed by atoms with E-state index >= 15 is 0 Å².